The van der Waals surface area contributed by atoms with Crippen molar-refractivity contribution in [2.75, 3.05) is 12.4 Å². The van der Waals surface area contributed by atoms with Crippen LogP contribution in [0.4, 0.5) is 0 Å². The van der Waals surface area contributed by atoms with E-state index in [0.29, 0.717) is 19.4 Å². The minimum Gasteiger partial charge on any atom is -0.466 e. The third kappa shape index (κ3) is 23.1. The average molecular weight is 405 g/mol. The van der Waals surface area contributed by atoms with E-state index < -0.39 is 10.1 Å². The van der Waals surface area contributed by atoms with Gasteiger partial charge in [-0.15, -0.1) is 0 Å². The molecule has 6 heteroatoms. The summed E-state index contributed by atoms with van der Waals surface area (Å²) in [5.74, 6) is -0.167. The molecule has 0 radical (unpaired) electrons. The Morgan fingerprint density at radius 2 is 1.30 bits per heavy atom. The molecule has 0 aromatic rings. The van der Waals surface area contributed by atoms with Gasteiger partial charge in [-0.25, -0.2) is 0 Å². The summed E-state index contributed by atoms with van der Waals surface area (Å²) in [7, 11) is -3.78. The van der Waals surface area contributed by atoms with E-state index in [1.54, 1.807) is 0 Å². The molecule has 0 rings (SSSR count). The van der Waals surface area contributed by atoms with Crippen molar-refractivity contribution in [3.05, 3.63) is 12.2 Å². The van der Waals surface area contributed by atoms with E-state index in [2.05, 4.69) is 12.2 Å². The summed E-state index contributed by atoms with van der Waals surface area (Å²) in [6.45, 7) is 2.55. The van der Waals surface area contributed by atoms with E-state index in [4.69, 9.17) is 9.29 Å². The fourth-order valence-electron chi connectivity index (χ4n) is 2.84. The zero-order valence-electron chi connectivity index (χ0n) is 17.2. The Labute approximate surface area is 166 Å². The highest BCUT2D eigenvalue weighted by molar-refractivity contribution is 7.85. The van der Waals surface area contributed by atoms with Crippen LogP contribution in [0.1, 0.15) is 103 Å². The first-order chi connectivity index (χ1) is 13.0. The molecule has 0 saturated heterocycles. The van der Waals surface area contributed by atoms with Gasteiger partial charge in [0.05, 0.1) is 12.4 Å². The second-order valence-corrected chi connectivity index (χ2v) is 8.77. The molecule has 0 aliphatic rings. The van der Waals surface area contributed by atoms with Crippen LogP contribution in [0.15, 0.2) is 12.2 Å². The van der Waals surface area contributed by atoms with Crippen LogP contribution in [0.25, 0.3) is 0 Å². The maximum absolute atomic E-state index is 11.3. The van der Waals surface area contributed by atoms with Gasteiger partial charge in [0, 0.05) is 6.42 Å². The summed E-state index contributed by atoms with van der Waals surface area (Å²) in [6.07, 6.45) is 19.9. The molecule has 0 unspecified atom stereocenters. The number of hydrogen-bond donors (Lipinski definition) is 1. The van der Waals surface area contributed by atoms with Gasteiger partial charge in [0.15, 0.2) is 0 Å². The van der Waals surface area contributed by atoms with Gasteiger partial charge in [0.1, 0.15) is 0 Å². The van der Waals surface area contributed by atoms with Crippen LogP contribution in [0.2, 0.25) is 0 Å². The molecule has 160 valence electrons. The maximum Gasteiger partial charge on any atom is 0.305 e. The molecule has 0 atom stereocenters. The third-order valence-electron chi connectivity index (χ3n) is 4.41. The van der Waals surface area contributed by atoms with Crippen LogP contribution in [0.5, 0.6) is 0 Å². The average Bonchev–Trinajstić information content (AvgIpc) is 2.61. The lowest BCUT2D eigenvalue weighted by Gasteiger charge is -2.03. The predicted molar refractivity (Wildman–Crippen MR) is 111 cm³/mol. The van der Waals surface area contributed by atoms with Crippen molar-refractivity contribution < 1.29 is 22.5 Å². The molecule has 0 aromatic carbocycles. The Hall–Kier alpha value is -0.880. The van der Waals surface area contributed by atoms with Gasteiger partial charge in [0.2, 0.25) is 0 Å². The van der Waals surface area contributed by atoms with Crippen molar-refractivity contribution in [2.24, 2.45) is 0 Å². The molecule has 0 aromatic heterocycles. The fraction of sp³-hybridized carbons (Fsp3) is 0.857. The maximum atomic E-state index is 11.3. The van der Waals surface area contributed by atoms with Gasteiger partial charge in [-0.3, -0.25) is 9.35 Å². The van der Waals surface area contributed by atoms with Crippen molar-refractivity contribution in [3.8, 4) is 0 Å². The molecule has 0 saturated carbocycles. The van der Waals surface area contributed by atoms with Gasteiger partial charge in [0.25, 0.3) is 10.1 Å². The minimum atomic E-state index is -3.78. The van der Waals surface area contributed by atoms with Gasteiger partial charge < -0.3 is 4.74 Å². The lowest BCUT2D eigenvalue weighted by atomic mass is 10.1. The lowest BCUT2D eigenvalue weighted by Crippen LogP contribution is -2.04. The van der Waals surface area contributed by atoms with Crippen LogP contribution >= 0.6 is 0 Å². The third-order valence-corrected chi connectivity index (χ3v) is 5.21. The SMILES string of the molecule is CCCOC(=O)CCCCCCCC=CCCCCCCCCS(=O)(=O)O. The second-order valence-electron chi connectivity index (χ2n) is 7.19. The topological polar surface area (TPSA) is 80.7 Å². The number of unbranched alkanes of at least 4 members (excludes halogenated alkanes) is 11. The van der Waals surface area contributed by atoms with E-state index in [9.17, 15) is 13.2 Å². The highest BCUT2D eigenvalue weighted by Gasteiger charge is 2.03. The standard InChI is InChI=1S/C21H40O5S/c1-2-19-26-21(22)18-16-14-12-10-8-6-4-3-5-7-9-11-13-15-17-20-27(23,24)25/h3-4H,2,5-20H2,1H3,(H,23,24,25). The first-order valence-corrected chi connectivity index (χ1v) is 12.3. The largest absolute Gasteiger partial charge is 0.466 e. The van der Waals surface area contributed by atoms with Crippen LogP contribution in [-0.2, 0) is 19.6 Å². The van der Waals surface area contributed by atoms with E-state index in [1.165, 1.54) is 32.1 Å². The van der Waals surface area contributed by atoms with E-state index in [-0.39, 0.29) is 11.7 Å². The Morgan fingerprint density at radius 1 is 0.815 bits per heavy atom. The Balaban J connectivity index is 3.22. The summed E-state index contributed by atoms with van der Waals surface area (Å²) < 4.78 is 34.8. The number of ether oxygens (including phenoxy) is 1. The van der Waals surface area contributed by atoms with E-state index in [0.717, 1.165) is 51.4 Å². The van der Waals surface area contributed by atoms with Crippen molar-refractivity contribution in [2.45, 2.75) is 103 Å². The molecule has 0 aliphatic heterocycles. The molecule has 5 nitrogen and oxygen atoms in total. The quantitative estimate of drug-likeness (QED) is 0.126. The number of hydrogen-bond acceptors (Lipinski definition) is 4. The molecule has 0 bridgehead atoms. The Kier molecular flexibility index (Phi) is 17.9. The number of carbonyl (C=O) groups is 1. The van der Waals surface area contributed by atoms with Crippen molar-refractivity contribution in [1.29, 1.82) is 0 Å². The molecule has 0 amide bonds. The smallest absolute Gasteiger partial charge is 0.305 e. The van der Waals surface area contributed by atoms with Crippen LogP contribution in [-0.4, -0.2) is 31.3 Å². The Morgan fingerprint density at radius 3 is 1.81 bits per heavy atom. The fourth-order valence-corrected chi connectivity index (χ4v) is 3.41. The lowest BCUT2D eigenvalue weighted by molar-refractivity contribution is -0.143. The number of esters is 1. The van der Waals surface area contributed by atoms with Crippen LogP contribution in [0.3, 0.4) is 0 Å². The molecular formula is C21H40O5S. The summed E-state index contributed by atoms with van der Waals surface area (Å²) in [4.78, 5) is 11.3. The first kappa shape index (κ1) is 26.1. The van der Waals surface area contributed by atoms with Crippen molar-refractivity contribution in [3.63, 3.8) is 0 Å². The minimum absolute atomic E-state index is 0.0575. The van der Waals surface area contributed by atoms with Crippen LogP contribution < -0.4 is 0 Å². The molecule has 0 aliphatic carbocycles. The monoisotopic (exact) mass is 404 g/mol. The van der Waals surface area contributed by atoms with Gasteiger partial charge in [-0.2, -0.15) is 8.42 Å². The summed E-state index contributed by atoms with van der Waals surface area (Å²) in [5, 5.41) is 0. The number of rotatable bonds is 19. The molecule has 0 fully saturated rings. The summed E-state index contributed by atoms with van der Waals surface area (Å²) >= 11 is 0. The zero-order chi connectivity index (χ0) is 20.2. The van der Waals surface area contributed by atoms with Crippen molar-refractivity contribution in [1.82, 2.24) is 0 Å². The first-order valence-electron chi connectivity index (χ1n) is 10.7. The highest BCUT2D eigenvalue weighted by atomic mass is 32.2. The van der Waals surface area contributed by atoms with E-state index in [1.807, 2.05) is 6.92 Å². The van der Waals surface area contributed by atoms with Gasteiger partial charge >= 0.3 is 5.97 Å². The number of allylic oxidation sites excluding steroid dienone is 2. The molecule has 1 N–H and O–H groups in total. The van der Waals surface area contributed by atoms with E-state index >= 15 is 0 Å². The predicted octanol–water partition coefficient (Wildman–Crippen LogP) is 5.85. The molecule has 0 spiro atoms. The Bertz CT molecular complexity index is 471. The second kappa shape index (κ2) is 18.5. The van der Waals surface area contributed by atoms with Crippen molar-refractivity contribution >= 4 is 16.1 Å². The summed E-state index contributed by atoms with van der Waals surface area (Å²) in [6, 6.07) is 0. The van der Waals surface area contributed by atoms with Gasteiger partial charge in [-0.05, 0) is 44.9 Å². The van der Waals surface area contributed by atoms with Gasteiger partial charge in [-0.1, -0.05) is 64.0 Å². The highest BCUT2D eigenvalue weighted by Crippen LogP contribution is 2.10. The molecular weight excluding hydrogens is 364 g/mol. The number of carbonyl (C=O) groups excluding carboxylic acids is 1. The normalized spacial score (nSPS) is 11.9. The molecule has 0 heterocycles. The zero-order valence-corrected chi connectivity index (χ0v) is 18.0. The summed E-state index contributed by atoms with van der Waals surface area (Å²) in [5.41, 5.74) is 0. The molecule has 27 heavy (non-hydrogen) atoms. The van der Waals surface area contributed by atoms with Crippen LogP contribution in [0, 0.1) is 0 Å².